The first-order valence-electron chi connectivity index (χ1n) is 7.78. The molecule has 0 radical (unpaired) electrons. The minimum Gasteiger partial charge on any atom is -0.447 e. The topological polar surface area (TPSA) is 102 Å². The molecule has 0 spiro atoms. The SMILES string of the molecule is CCCC(=O)OC(CCCNCCCN)NCCCN. The monoisotopic (exact) mass is 288 g/mol. The molecule has 20 heavy (non-hydrogen) atoms. The second-order valence-corrected chi connectivity index (χ2v) is 4.86. The summed E-state index contributed by atoms with van der Waals surface area (Å²) in [7, 11) is 0. The third-order valence-electron chi connectivity index (χ3n) is 2.86. The number of nitrogens with one attached hydrogen (secondary N) is 2. The number of rotatable bonds is 14. The van der Waals surface area contributed by atoms with Crippen LogP contribution in [0.25, 0.3) is 0 Å². The lowest BCUT2D eigenvalue weighted by Crippen LogP contribution is -2.36. The molecule has 0 aliphatic carbocycles. The third-order valence-corrected chi connectivity index (χ3v) is 2.86. The van der Waals surface area contributed by atoms with Crippen molar-refractivity contribution in [3.63, 3.8) is 0 Å². The van der Waals surface area contributed by atoms with Crippen LogP contribution in [0.4, 0.5) is 0 Å². The molecule has 120 valence electrons. The van der Waals surface area contributed by atoms with Gasteiger partial charge in [-0.15, -0.1) is 0 Å². The van der Waals surface area contributed by atoms with E-state index in [1.807, 2.05) is 6.92 Å². The van der Waals surface area contributed by atoms with Crippen LogP contribution in [0.15, 0.2) is 0 Å². The van der Waals surface area contributed by atoms with Gasteiger partial charge in [-0.25, -0.2) is 0 Å². The molecule has 6 N–H and O–H groups in total. The zero-order chi connectivity index (χ0) is 15.1. The molecular weight excluding hydrogens is 256 g/mol. The summed E-state index contributed by atoms with van der Waals surface area (Å²) in [4.78, 5) is 11.5. The Morgan fingerprint density at radius 1 is 1.10 bits per heavy atom. The summed E-state index contributed by atoms with van der Waals surface area (Å²) in [5.74, 6) is -0.131. The summed E-state index contributed by atoms with van der Waals surface area (Å²) < 4.78 is 5.43. The van der Waals surface area contributed by atoms with Crippen molar-refractivity contribution in [2.24, 2.45) is 11.5 Å². The zero-order valence-corrected chi connectivity index (χ0v) is 12.8. The van der Waals surface area contributed by atoms with Crippen LogP contribution in [0.1, 0.15) is 45.4 Å². The van der Waals surface area contributed by atoms with Gasteiger partial charge in [-0.3, -0.25) is 10.1 Å². The van der Waals surface area contributed by atoms with E-state index in [0.29, 0.717) is 19.5 Å². The van der Waals surface area contributed by atoms with Crippen LogP contribution in [-0.4, -0.2) is 44.9 Å². The van der Waals surface area contributed by atoms with E-state index in [9.17, 15) is 4.79 Å². The van der Waals surface area contributed by atoms with Gasteiger partial charge in [-0.1, -0.05) is 6.92 Å². The van der Waals surface area contributed by atoms with E-state index in [4.69, 9.17) is 16.2 Å². The maximum Gasteiger partial charge on any atom is 0.307 e. The van der Waals surface area contributed by atoms with Crippen LogP contribution in [0.5, 0.6) is 0 Å². The molecular formula is C14H32N4O2. The van der Waals surface area contributed by atoms with Crippen molar-refractivity contribution in [2.75, 3.05) is 32.7 Å². The first-order chi connectivity index (χ1) is 9.74. The first kappa shape index (κ1) is 19.3. The van der Waals surface area contributed by atoms with E-state index >= 15 is 0 Å². The van der Waals surface area contributed by atoms with Gasteiger partial charge < -0.3 is 21.5 Å². The summed E-state index contributed by atoms with van der Waals surface area (Å²) in [5, 5.41) is 6.56. The average molecular weight is 288 g/mol. The predicted molar refractivity (Wildman–Crippen MR) is 82.2 cm³/mol. The van der Waals surface area contributed by atoms with Gasteiger partial charge in [0, 0.05) is 6.42 Å². The van der Waals surface area contributed by atoms with Crippen molar-refractivity contribution in [3.8, 4) is 0 Å². The Hall–Kier alpha value is -0.690. The maximum absolute atomic E-state index is 11.5. The number of esters is 1. The van der Waals surface area contributed by atoms with Crippen LogP contribution >= 0.6 is 0 Å². The van der Waals surface area contributed by atoms with Crippen molar-refractivity contribution in [1.29, 1.82) is 0 Å². The average Bonchev–Trinajstić information content (AvgIpc) is 2.43. The van der Waals surface area contributed by atoms with Crippen molar-refractivity contribution >= 4 is 5.97 Å². The van der Waals surface area contributed by atoms with Crippen molar-refractivity contribution in [1.82, 2.24) is 10.6 Å². The standard InChI is InChI=1S/C14H32N4O2/c1-2-6-14(19)20-13(18-12-5-9-16)7-3-10-17-11-4-8-15/h13,17-18H,2-12,15-16H2,1H3. The van der Waals surface area contributed by atoms with Gasteiger partial charge in [0.15, 0.2) is 6.23 Å². The van der Waals surface area contributed by atoms with Gasteiger partial charge in [0.05, 0.1) is 0 Å². The second kappa shape index (κ2) is 14.7. The van der Waals surface area contributed by atoms with E-state index in [2.05, 4.69) is 10.6 Å². The van der Waals surface area contributed by atoms with Gasteiger partial charge in [0.2, 0.25) is 0 Å². The Morgan fingerprint density at radius 2 is 1.75 bits per heavy atom. The number of hydrogen-bond acceptors (Lipinski definition) is 6. The molecule has 0 aliphatic rings. The van der Waals surface area contributed by atoms with Crippen molar-refractivity contribution in [3.05, 3.63) is 0 Å². The Morgan fingerprint density at radius 3 is 2.40 bits per heavy atom. The highest BCUT2D eigenvalue weighted by molar-refractivity contribution is 5.69. The fourth-order valence-electron chi connectivity index (χ4n) is 1.75. The molecule has 0 aromatic heterocycles. The van der Waals surface area contributed by atoms with Crippen molar-refractivity contribution < 1.29 is 9.53 Å². The molecule has 0 rings (SSSR count). The van der Waals surface area contributed by atoms with Crippen molar-refractivity contribution in [2.45, 2.75) is 51.7 Å². The van der Waals surface area contributed by atoms with Crippen LogP contribution in [0.2, 0.25) is 0 Å². The second-order valence-electron chi connectivity index (χ2n) is 4.86. The van der Waals surface area contributed by atoms with E-state index < -0.39 is 0 Å². The quantitative estimate of drug-likeness (QED) is 0.208. The van der Waals surface area contributed by atoms with Gasteiger partial charge in [-0.05, 0) is 64.8 Å². The Bertz CT molecular complexity index is 227. The van der Waals surface area contributed by atoms with Crippen LogP contribution < -0.4 is 22.1 Å². The van der Waals surface area contributed by atoms with Crippen LogP contribution in [-0.2, 0) is 9.53 Å². The summed E-state index contributed by atoms with van der Waals surface area (Å²) >= 11 is 0. The molecule has 6 nitrogen and oxygen atoms in total. The lowest BCUT2D eigenvalue weighted by atomic mass is 10.2. The highest BCUT2D eigenvalue weighted by Gasteiger charge is 2.12. The smallest absolute Gasteiger partial charge is 0.307 e. The molecule has 0 aliphatic heterocycles. The highest BCUT2D eigenvalue weighted by Crippen LogP contribution is 2.02. The maximum atomic E-state index is 11.5. The van der Waals surface area contributed by atoms with E-state index in [0.717, 1.165) is 51.7 Å². The number of nitrogens with two attached hydrogens (primary N) is 2. The molecule has 0 saturated carbocycles. The fourth-order valence-corrected chi connectivity index (χ4v) is 1.75. The minimum absolute atomic E-state index is 0.131. The summed E-state index contributed by atoms with van der Waals surface area (Å²) in [6.07, 6.45) is 4.75. The van der Waals surface area contributed by atoms with E-state index in [-0.39, 0.29) is 12.2 Å². The molecule has 0 aromatic carbocycles. The minimum atomic E-state index is -0.197. The summed E-state index contributed by atoms with van der Waals surface area (Å²) in [6.45, 7) is 5.96. The Kier molecular flexibility index (Phi) is 14.2. The molecule has 6 heteroatoms. The molecule has 0 heterocycles. The Balaban J connectivity index is 3.82. The zero-order valence-electron chi connectivity index (χ0n) is 12.8. The van der Waals surface area contributed by atoms with E-state index in [1.165, 1.54) is 0 Å². The summed E-state index contributed by atoms with van der Waals surface area (Å²) in [6, 6.07) is 0. The molecule has 0 aromatic rings. The molecule has 0 bridgehead atoms. The predicted octanol–water partition coefficient (Wildman–Crippen LogP) is 0.313. The van der Waals surface area contributed by atoms with Crippen LogP contribution in [0, 0.1) is 0 Å². The largest absolute Gasteiger partial charge is 0.447 e. The Labute approximate surface area is 123 Å². The number of ether oxygens (including phenoxy) is 1. The number of carbonyl (C=O) groups excluding carboxylic acids is 1. The fraction of sp³-hybridized carbons (Fsp3) is 0.929. The normalized spacial score (nSPS) is 12.3. The molecule has 0 amide bonds. The van der Waals surface area contributed by atoms with Gasteiger partial charge >= 0.3 is 5.97 Å². The van der Waals surface area contributed by atoms with Gasteiger partial charge in [0.1, 0.15) is 0 Å². The molecule has 0 saturated heterocycles. The lowest BCUT2D eigenvalue weighted by molar-refractivity contribution is -0.151. The highest BCUT2D eigenvalue weighted by atomic mass is 16.6. The van der Waals surface area contributed by atoms with Gasteiger partial charge in [-0.2, -0.15) is 0 Å². The molecule has 1 unspecified atom stereocenters. The number of hydrogen-bond donors (Lipinski definition) is 4. The third kappa shape index (κ3) is 12.3. The summed E-state index contributed by atoms with van der Waals surface area (Å²) in [5.41, 5.74) is 10.9. The first-order valence-corrected chi connectivity index (χ1v) is 7.78. The number of carbonyl (C=O) groups is 1. The molecule has 1 atom stereocenters. The lowest BCUT2D eigenvalue weighted by Gasteiger charge is -2.19. The van der Waals surface area contributed by atoms with E-state index in [1.54, 1.807) is 0 Å². The van der Waals surface area contributed by atoms with Crippen LogP contribution in [0.3, 0.4) is 0 Å². The van der Waals surface area contributed by atoms with Gasteiger partial charge in [0.25, 0.3) is 0 Å². The molecule has 0 fully saturated rings.